The SMILES string of the molecule is CCCCCCC(C)NC(=O)c1c(C)noc1C. The maximum atomic E-state index is 12.0. The van der Waals surface area contributed by atoms with Gasteiger partial charge in [-0.2, -0.15) is 0 Å². The summed E-state index contributed by atoms with van der Waals surface area (Å²) in [7, 11) is 0. The van der Waals surface area contributed by atoms with Crippen molar-refractivity contribution < 1.29 is 9.32 Å². The maximum absolute atomic E-state index is 12.0. The molecule has 0 aliphatic heterocycles. The molecule has 1 atom stereocenters. The highest BCUT2D eigenvalue weighted by atomic mass is 16.5. The Labute approximate surface area is 109 Å². The van der Waals surface area contributed by atoms with Crippen LogP contribution in [-0.4, -0.2) is 17.1 Å². The summed E-state index contributed by atoms with van der Waals surface area (Å²) in [5, 5.41) is 6.80. The first-order chi connectivity index (χ1) is 8.56. The molecule has 0 aromatic carbocycles. The van der Waals surface area contributed by atoms with Gasteiger partial charge in [0.1, 0.15) is 11.3 Å². The largest absolute Gasteiger partial charge is 0.361 e. The standard InChI is InChI=1S/C14H24N2O2/c1-5-6-7-8-9-10(2)15-14(17)13-11(3)16-18-12(13)4/h10H,5-9H2,1-4H3,(H,15,17). The first-order valence-electron chi connectivity index (χ1n) is 6.80. The second-order valence-electron chi connectivity index (χ2n) is 4.92. The van der Waals surface area contributed by atoms with Crippen molar-refractivity contribution in [3.8, 4) is 0 Å². The molecule has 0 saturated heterocycles. The number of nitrogens with zero attached hydrogens (tertiary/aromatic N) is 1. The zero-order valence-corrected chi connectivity index (χ0v) is 11.9. The van der Waals surface area contributed by atoms with Crippen molar-refractivity contribution >= 4 is 5.91 Å². The van der Waals surface area contributed by atoms with E-state index in [1.165, 1.54) is 19.3 Å². The van der Waals surface area contributed by atoms with E-state index < -0.39 is 0 Å². The molecular weight excluding hydrogens is 228 g/mol. The lowest BCUT2D eigenvalue weighted by Gasteiger charge is -2.13. The second-order valence-corrected chi connectivity index (χ2v) is 4.92. The normalized spacial score (nSPS) is 12.4. The van der Waals surface area contributed by atoms with Crippen LogP contribution in [0.15, 0.2) is 4.52 Å². The van der Waals surface area contributed by atoms with Crippen LogP contribution in [0.25, 0.3) is 0 Å². The molecule has 1 amide bonds. The van der Waals surface area contributed by atoms with E-state index >= 15 is 0 Å². The third kappa shape index (κ3) is 4.17. The number of amides is 1. The number of rotatable bonds is 7. The molecule has 0 aliphatic carbocycles. The number of aryl methyl sites for hydroxylation is 2. The van der Waals surface area contributed by atoms with E-state index in [1.54, 1.807) is 13.8 Å². The topological polar surface area (TPSA) is 55.1 Å². The Kier molecular flexibility index (Phi) is 5.89. The zero-order chi connectivity index (χ0) is 13.5. The highest BCUT2D eigenvalue weighted by molar-refractivity contribution is 5.96. The molecule has 1 rings (SSSR count). The van der Waals surface area contributed by atoms with Gasteiger partial charge in [0.25, 0.3) is 5.91 Å². The molecule has 4 nitrogen and oxygen atoms in total. The van der Waals surface area contributed by atoms with Crippen molar-refractivity contribution in [2.75, 3.05) is 0 Å². The van der Waals surface area contributed by atoms with Crippen LogP contribution < -0.4 is 5.32 Å². The van der Waals surface area contributed by atoms with Gasteiger partial charge in [0, 0.05) is 6.04 Å². The maximum Gasteiger partial charge on any atom is 0.256 e. The summed E-state index contributed by atoms with van der Waals surface area (Å²) in [5.74, 6) is 0.512. The summed E-state index contributed by atoms with van der Waals surface area (Å²) in [4.78, 5) is 12.0. The fourth-order valence-corrected chi connectivity index (χ4v) is 2.05. The fraction of sp³-hybridized carbons (Fsp3) is 0.714. The lowest BCUT2D eigenvalue weighted by atomic mass is 10.1. The molecule has 18 heavy (non-hydrogen) atoms. The Balaban J connectivity index is 2.40. The first kappa shape index (κ1) is 14.7. The lowest BCUT2D eigenvalue weighted by Crippen LogP contribution is -2.33. The van der Waals surface area contributed by atoms with Crippen LogP contribution >= 0.6 is 0 Å². The van der Waals surface area contributed by atoms with Gasteiger partial charge in [0.2, 0.25) is 0 Å². The summed E-state index contributed by atoms with van der Waals surface area (Å²) < 4.78 is 5.00. The minimum absolute atomic E-state index is 0.0748. The number of hydrogen-bond acceptors (Lipinski definition) is 3. The molecule has 1 aromatic heterocycles. The van der Waals surface area contributed by atoms with E-state index in [0.717, 1.165) is 12.8 Å². The Bertz CT molecular complexity index is 366. The van der Waals surface area contributed by atoms with Gasteiger partial charge < -0.3 is 9.84 Å². The molecular formula is C14H24N2O2. The van der Waals surface area contributed by atoms with Gasteiger partial charge in [-0.1, -0.05) is 37.8 Å². The monoisotopic (exact) mass is 252 g/mol. The third-order valence-corrected chi connectivity index (χ3v) is 3.13. The molecule has 4 heteroatoms. The van der Waals surface area contributed by atoms with Gasteiger partial charge in [0.05, 0.1) is 5.69 Å². The van der Waals surface area contributed by atoms with E-state index in [2.05, 4.69) is 17.4 Å². The Morgan fingerprint density at radius 3 is 2.61 bits per heavy atom. The van der Waals surface area contributed by atoms with E-state index in [0.29, 0.717) is 17.0 Å². The number of unbranched alkanes of at least 4 members (excludes halogenated alkanes) is 3. The molecule has 1 unspecified atom stereocenters. The van der Waals surface area contributed by atoms with Gasteiger partial charge in [-0.3, -0.25) is 4.79 Å². The van der Waals surface area contributed by atoms with E-state index in [4.69, 9.17) is 4.52 Å². The Morgan fingerprint density at radius 2 is 2.06 bits per heavy atom. The minimum Gasteiger partial charge on any atom is -0.361 e. The van der Waals surface area contributed by atoms with E-state index in [-0.39, 0.29) is 11.9 Å². The van der Waals surface area contributed by atoms with Crippen LogP contribution in [0.2, 0.25) is 0 Å². The summed E-state index contributed by atoms with van der Waals surface area (Å²) in [6.45, 7) is 7.79. The minimum atomic E-state index is -0.0748. The summed E-state index contributed by atoms with van der Waals surface area (Å²) in [6, 6.07) is 0.197. The fourth-order valence-electron chi connectivity index (χ4n) is 2.05. The van der Waals surface area contributed by atoms with Crippen LogP contribution in [0, 0.1) is 13.8 Å². The van der Waals surface area contributed by atoms with Crippen molar-refractivity contribution in [2.24, 2.45) is 0 Å². The van der Waals surface area contributed by atoms with Crippen molar-refractivity contribution in [1.82, 2.24) is 10.5 Å². The third-order valence-electron chi connectivity index (χ3n) is 3.13. The van der Waals surface area contributed by atoms with Gasteiger partial charge in [-0.05, 0) is 27.2 Å². The summed E-state index contributed by atoms with van der Waals surface area (Å²) >= 11 is 0. The van der Waals surface area contributed by atoms with Crippen molar-refractivity contribution in [3.63, 3.8) is 0 Å². The van der Waals surface area contributed by atoms with Crippen LogP contribution in [0.3, 0.4) is 0 Å². The molecule has 0 fully saturated rings. The molecule has 102 valence electrons. The molecule has 1 heterocycles. The second kappa shape index (κ2) is 7.19. The van der Waals surface area contributed by atoms with Crippen LogP contribution in [0.5, 0.6) is 0 Å². The Morgan fingerprint density at radius 1 is 1.33 bits per heavy atom. The number of aromatic nitrogens is 1. The van der Waals surface area contributed by atoms with Gasteiger partial charge in [0.15, 0.2) is 0 Å². The highest BCUT2D eigenvalue weighted by Crippen LogP contribution is 2.13. The van der Waals surface area contributed by atoms with Gasteiger partial charge in [-0.15, -0.1) is 0 Å². The molecule has 0 bridgehead atoms. The lowest BCUT2D eigenvalue weighted by molar-refractivity contribution is 0.0936. The number of nitrogens with one attached hydrogen (secondary N) is 1. The molecule has 0 radical (unpaired) electrons. The van der Waals surface area contributed by atoms with Crippen molar-refractivity contribution in [2.45, 2.75) is 65.8 Å². The molecule has 1 aromatic rings. The van der Waals surface area contributed by atoms with Crippen molar-refractivity contribution in [1.29, 1.82) is 0 Å². The van der Waals surface area contributed by atoms with Crippen LogP contribution in [-0.2, 0) is 0 Å². The summed E-state index contributed by atoms with van der Waals surface area (Å²) in [5.41, 5.74) is 1.23. The number of hydrogen-bond donors (Lipinski definition) is 1. The first-order valence-corrected chi connectivity index (χ1v) is 6.80. The Hall–Kier alpha value is -1.32. The molecule has 0 aliphatic rings. The van der Waals surface area contributed by atoms with E-state index in [9.17, 15) is 4.79 Å². The van der Waals surface area contributed by atoms with Crippen LogP contribution in [0.4, 0.5) is 0 Å². The smallest absolute Gasteiger partial charge is 0.256 e. The number of carbonyl (C=O) groups is 1. The van der Waals surface area contributed by atoms with Gasteiger partial charge in [-0.25, -0.2) is 0 Å². The van der Waals surface area contributed by atoms with Gasteiger partial charge >= 0.3 is 0 Å². The number of carbonyl (C=O) groups excluding carboxylic acids is 1. The average Bonchev–Trinajstić information content (AvgIpc) is 2.64. The predicted octanol–water partition coefficient (Wildman–Crippen LogP) is 3.38. The molecule has 1 N–H and O–H groups in total. The van der Waals surface area contributed by atoms with E-state index in [1.807, 2.05) is 6.92 Å². The summed E-state index contributed by atoms with van der Waals surface area (Å²) in [6.07, 6.45) is 5.93. The average molecular weight is 252 g/mol. The predicted molar refractivity (Wildman–Crippen MR) is 71.7 cm³/mol. The molecule has 0 saturated carbocycles. The van der Waals surface area contributed by atoms with Crippen LogP contribution in [0.1, 0.15) is 67.8 Å². The molecule has 0 spiro atoms. The highest BCUT2D eigenvalue weighted by Gasteiger charge is 2.18. The quantitative estimate of drug-likeness (QED) is 0.757. The zero-order valence-electron chi connectivity index (χ0n) is 11.9. The van der Waals surface area contributed by atoms with Crippen molar-refractivity contribution in [3.05, 3.63) is 17.0 Å².